The van der Waals surface area contributed by atoms with E-state index in [0.29, 0.717) is 5.75 Å². The van der Waals surface area contributed by atoms with Crippen molar-refractivity contribution in [1.82, 2.24) is 0 Å². The van der Waals surface area contributed by atoms with E-state index in [9.17, 15) is 4.79 Å². The molecule has 1 atom stereocenters. The lowest BCUT2D eigenvalue weighted by Crippen LogP contribution is -2.21. The van der Waals surface area contributed by atoms with Crippen molar-refractivity contribution in [3.8, 4) is 5.75 Å². The molecule has 0 aliphatic carbocycles. The summed E-state index contributed by atoms with van der Waals surface area (Å²) in [5.74, 6) is 0.259. The Morgan fingerprint density at radius 1 is 1.29 bits per heavy atom. The van der Waals surface area contributed by atoms with Crippen LogP contribution in [0.2, 0.25) is 0 Å². The molecule has 0 N–H and O–H groups in total. The van der Waals surface area contributed by atoms with Crippen molar-refractivity contribution in [2.24, 2.45) is 0 Å². The van der Waals surface area contributed by atoms with E-state index in [2.05, 4.69) is 20.7 Å². The molecular weight excluding hydrogens is 248 g/mol. The highest BCUT2D eigenvalue weighted by molar-refractivity contribution is 9.10. The fourth-order valence-electron chi connectivity index (χ4n) is 1.07. The molecule has 1 aliphatic heterocycles. The van der Waals surface area contributed by atoms with Gasteiger partial charge in [0.05, 0.1) is 6.26 Å². The average Bonchev–Trinajstić information content (AvgIpc) is 2.56. The third kappa shape index (κ3) is 1.96. The first kappa shape index (κ1) is 9.27. The maximum atomic E-state index is 11.0. The van der Waals surface area contributed by atoms with Gasteiger partial charge in [0.15, 0.2) is 0 Å². The van der Waals surface area contributed by atoms with E-state index in [1.165, 1.54) is 6.26 Å². The Kier molecular flexibility index (Phi) is 2.54. The van der Waals surface area contributed by atoms with Gasteiger partial charge in [0.2, 0.25) is 6.10 Å². The predicted molar refractivity (Wildman–Crippen MR) is 53.8 cm³/mol. The molecule has 1 aromatic carbocycles. The lowest BCUT2D eigenvalue weighted by Gasteiger charge is -2.08. The van der Waals surface area contributed by atoms with E-state index in [-0.39, 0.29) is 5.97 Å². The van der Waals surface area contributed by atoms with Gasteiger partial charge in [0.1, 0.15) is 5.75 Å². The average molecular weight is 255 g/mol. The molecule has 0 amide bonds. The Balaban J connectivity index is 2.07. The summed E-state index contributed by atoms with van der Waals surface area (Å²) in [5.41, 5.74) is 0. The molecule has 72 valence electrons. The van der Waals surface area contributed by atoms with Gasteiger partial charge in [0.25, 0.3) is 0 Å². The highest BCUT2D eigenvalue weighted by atomic mass is 79.9. The molecular formula is C10H7BrO3. The first-order valence-electron chi connectivity index (χ1n) is 4.05. The van der Waals surface area contributed by atoms with Crippen molar-refractivity contribution >= 4 is 21.9 Å². The molecule has 2 rings (SSSR count). The molecule has 0 saturated heterocycles. The summed E-state index contributed by atoms with van der Waals surface area (Å²) in [6, 6.07) is 7.26. The van der Waals surface area contributed by atoms with Gasteiger partial charge in [0, 0.05) is 10.5 Å². The monoisotopic (exact) mass is 254 g/mol. The van der Waals surface area contributed by atoms with Gasteiger partial charge in [-0.15, -0.1) is 0 Å². The van der Waals surface area contributed by atoms with Gasteiger partial charge < -0.3 is 9.47 Å². The zero-order chi connectivity index (χ0) is 9.97. The summed E-state index contributed by atoms with van der Waals surface area (Å²) >= 11 is 3.31. The van der Waals surface area contributed by atoms with Crippen LogP contribution < -0.4 is 4.74 Å². The van der Waals surface area contributed by atoms with Crippen molar-refractivity contribution in [2.75, 3.05) is 0 Å². The molecule has 0 aromatic heterocycles. The number of carbonyl (C=O) groups excluding carboxylic acids is 1. The Morgan fingerprint density at radius 2 is 2.00 bits per heavy atom. The van der Waals surface area contributed by atoms with Gasteiger partial charge in [-0.25, -0.2) is 4.79 Å². The number of hydrogen-bond acceptors (Lipinski definition) is 3. The normalized spacial score (nSPS) is 19.5. The SMILES string of the molecule is O=C1OC=CC1Oc1ccc(Br)cc1. The molecule has 0 saturated carbocycles. The Bertz CT molecular complexity index is 369. The molecule has 0 bridgehead atoms. The minimum Gasteiger partial charge on any atom is -0.474 e. The maximum Gasteiger partial charge on any atom is 0.356 e. The van der Waals surface area contributed by atoms with E-state index in [1.54, 1.807) is 18.2 Å². The number of cyclic esters (lactones) is 1. The molecule has 1 unspecified atom stereocenters. The molecule has 0 fully saturated rings. The summed E-state index contributed by atoms with van der Waals surface area (Å²) in [6.07, 6.45) is 2.30. The van der Waals surface area contributed by atoms with Crippen LogP contribution in [0.3, 0.4) is 0 Å². The van der Waals surface area contributed by atoms with Crippen LogP contribution in [0.15, 0.2) is 41.1 Å². The van der Waals surface area contributed by atoms with Gasteiger partial charge in [-0.05, 0) is 24.3 Å². The largest absolute Gasteiger partial charge is 0.474 e. The first-order chi connectivity index (χ1) is 6.75. The van der Waals surface area contributed by atoms with Crippen LogP contribution in [-0.2, 0) is 9.53 Å². The van der Waals surface area contributed by atoms with E-state index in [1.807, 2.05) is 12.1 Å². The second kappa shape index (κ2) is 3.84. The smallest absolute Gasteiger partial charge is 0.356 e. The molecule has 1 heterocycles. The third-order valence-electron chi connectivity index (χ3n) is 1.75. The zero-order valence-electron chi connectivity index (χ0n) is 7.14. The van der Waals surface area contributed by atoms with E-state index in [0.717, 1.165) is 4.47 Å². The number of rotatable bonds is 2. The summed E-state index contributed by atoms with van der Waals surface area (Å²) < 4.78 is 10.9. The topological polar surface area (TPSA) is 35.5 Å². The molecule has 4 heteroatoms. The number of hydrogen-bond donors (Lipinski definition) is 0. The number of ether oxygens (including phenoxy) is 2. The molecule has 0 radical (unpaired) electrons. The second-order valence-electron chi connectivity index (χ2n) is 2.76. The second-order valence-corrected chi connectivity index (χ2v) is 3.67. The lowest BCUT2D eigenvalue weighted by molar-refractivity contribution is -0.141. The van der Waals surface area contributed by atoms with Crippen molar-refractivity contribution < 1.29 is 14.3 Å². The number of esters is 1. The molecule has 1 aliphatic rings. The molecule has 14 heavy (non-hydrogen) atoms. The van der Waals surface area contributed by atoms with Crippen LogP contribution >= 0.6 is 15.9 Å². The van der Waals surface area contributed by atoms with Crippen LogP contribution in [0.1, 0.15) is 0 Å². The predicted octanol–water partition coefficient (Wildman–Crippen LogP) is 2.27. The number of carbonyl (C=O) groups is 1. The van der Waals surface area contributed by atoms with Crippen LogP contribution in [0, 0.1) is 0 Å². The Labute approximate surface area is 89.5 Å². The van der Waals surface area contributed by atoms with Crippen LogP contribution in [0.5, 0.6) is 5.75 Å². The van der Waals surface area contributed by atoms with Crippen molar-refractivity contribution in [2.45, 2.75) is 6.10 Å². The van der Waals surface area contributed by atoms with Gasteiger partial charge in [-0.1, -0.05) is 15.9 Å². The van der Waals surface area contributed by atoms with Crippen LogP contribution in [0.25, 0.3) is 0 Å². The van der Waals surface area contributed by atoms with Crippen molar-refractivity contribution in [3.63, 3.8) is 0 Å². The minimum absolute atomic E-state index is 0.382. The minimum atomic E-state index is -0.615. The quantitative estimate of drug-likeness (QED) is 0.760. The fraction of sp³-hybridized carbons (Fsp3) is 0.100. The number of halogens is 1. The molecule has 0 spiro atoms. The van der Waals surface area contributed by atoms with Crippen molar-refractivity contribution in [3.05, 3.63) is 41.1 Å². The van der Waals surface area contributed by atoms with Crippen molar-refractivity contribution in [1.29, 1.82) is 0 Å². The highest BCUT2D eigenvalue weighted by Gasteiger charge is 2.23. The summed E-state index contributed by atoms with van der Waals surface area (Å²) in [6.45, 7) is 0. The van der Waals surface area contributed by atoms with Gasteiger partial charge >= 0.3 is 5.97 Å². The molecule has 1 aromatic rings. The standard InChI is InChI=1S/C10H7BrO3/c11-7-1-3-8(4-2-7)14-9-5-6-13-10(9)12/h1-6,9H. The summed E-state index contributed by atoms with van der Waals surface area (Å²) in [7, 11) is 0. The Hall–Kier alpha value is -1.29. The Morgan fingerprint density at radius 3 is 2.57 bits per heavy atom. The highest BCUT2D eigenvalue weighted by Crippen LogP contribution is 2.19. The number of benzene rings is 1. The first-order valence-corrected chi connectivity index (χ1v) is 4.84. The molecule has 3 nitrogen and oxygen atoms in total. The van der Waals surface area contributed by atoms with E-state index >= 15 is 0 Å². The van der Waals surface area contributed by atoms with Gasteiger partial charge in [-0.2, -0.15) is 0 Å². The summed E-state index contributed by atoms with van der Waals surface area (Å²) in [5, 5.41) is 0. The van der Waals surface area contributed by atoms with E-state index in [4.69, 9.17) is 4.74 Å². The lowest BCUT2D eigenvalue weighted by atomic mass is 10.3. The summed E-state index contributed by atoms with van der Waals surface area (Å²) in [4.78, 5) is 11.0. The van der Waals surface area contributed by atoms with E-state index < -0.39 is 6.10 Å². The van der Waals surface area contributed by atoms with Gasteiger partial charge in [-0.3, -0.25) is 0 Å². The zero-order valence-corrected chi connectivity index (χ0v) is 8.73. The fourth-order valence-corrected chi connectivity index (χ4v) is 1.33. The maximum absolute atomic E-state index is 11.0. The van der Waals surface area contributed by atoms with Crippen LogP contribution in [0.4, 0.5) is 0 Å². The van der Waals surface area contributed by atoms with Crippen LogP contribution in [-0.4, -0.2) is 12.1 Å². The third-order valence-corrected chi connectivity index (χ3v) is 2.28.